The van der Waals surface area contributed by atoms with E-state index in [1.165, 1.54) is 0 Å². The van der Waals surface area contributed by atoms with Gasteiger partial charge in [-0.05, 0) is 44.1 Å². The first kappa shape index (κ1) is 13.7. The number of aromatic nitrogens is 3. The van der Waals surface area contributed by atoms with Gasteiger partial charge in [0.05, 0.1) is 12.1 Å². The van der Waals surface area contributed by atoms with Crippen LogP contribution in [0.2, 0.25) is 0 Å². The van der Waals surface area contributed by atoms with Gasteiger partial charge in [0.1, 0.15) is 0 Å². The smallest absolute Gasteiger partial charge is 0.305 e. The summed E-state index contributed by atoms with van der Waals surface area (Å²) in [6.45, 7) is 4.90. The minimum absolute atomic E-state index is 0.169. The Kier molecular flexibility index (Phi) is 4.31. The average Bonchev–Trinajstić information content (AvgIpc) is 2.68. The van der Waals surface area contributed by atoms with Crippen LogP contribution in [0.1, 0.15) is 25.3 Å². The van der Waals surface area contributed by atoms with Crippen LogP contribution in [0.3, 0.4) is 0 Å². The largest absolute Gasteiger partial charge is 0.466 e. The van der Waals surface area contributed by atoms with E-state index in [9.17, 15) is 4.79 Å². The van der Waals surface area contributed by atoms with Crippen LogP contribution in [-0.4, -0.2) is 27.1 Å². The van der Waals surface area contributed by atoms with Gasteiger partial charge in [-0.2, -0.15) is 0 Å². The number of esters is 1. The molecule has 0 spiro atoms. The number of hydrogen-bond donors (Lipinski definition) is 1. The Morgan fingerprint density at radius 3 is 3.11 bits per heavy atom. The molecule has 0 aliphatic rings. The highest BCUT2D eigenvalue weighted by molar-refractivity contribution is 7.71. The average molecular weight is 279 g/mol. The quantitative estimate of drug-likeness (QED) is 0.675. The monoisotopic (exact) mass is 279 g/mol. The molecule has 0 aliphatic carbocycles. The van der Waals surface area contributed by atoms with Gasteiger partial charge in [-0.1, -0.05) is 0 Å². The number of fused-ring (bicyclic) bond motifs is 1. The van der Waals surface area contributed by atoms with E-state index in [2.05, 4.69) is 9.97 Å². The van der Waals surface area contributed by atoms with Crippen LogP contribution in [-0.2, 0) is 16.1 Å². The molecule has 0 radical (unpaired) electrons. The summed E-state index contributed by atoms with van der Waals surface area (Å²) < 4.78 is 7.47. The zero-order valence-corrected chi connectivity index (χ0v) is 11.9. The van der Waals surface area contributed by atoms with Gasteiger partial charge >= 0.3 is 5.97 Å². The number of aromatic amines is 1. The van der Waals surface area contributed by atoms with Crippen molar-refractivity contribution >= 4 is 29.4 Å². The predicted octanol–water partition coefficient (Wildman–Crippen LogP) is 2.75. The molecular formula is C13H17N3O2S. The second kappa shape index (κ2) is 5.97. The second-order valence-corrected chi connectivity index (χ2v) is 4.70. The van der Waals surface area contributed by atoms with Gasteiger partial charge in [0, 0.05) is 19.2 Å². The number of carbonyl (C=O) groups is 1. The lowest BCUT2D eigenvalue weighted by molar-refractivity contribution is -0.143. The van der Waals surface area contributed by atoms with Crippen molar-refractivity contribution in [3.8, 4) is 0 Å². The standard InChI is InChI=1S/C13H17N3O2S/c1-3-18-10(17)5-4-8-16-12-11(15-13(16)19)9(2)6-7-14-12/h6-7H,3-5,8H2,1-2H3,(H,15,19). The van der Waals surface area contributed by atoms with E-state index in [0.717, 1.165) is 16.7 Å². The molecule has 6 heteroatoms. The van der Waals surface area contributed by atoms with Crippen LogP contribution in [0.25, 0.3) is 11.2 Å². The maximum absolute atomic E-state index is 11.3. The van der Waals surface area contributed by atoms with Crippen molar-refractivity contribution in [3.63, 3.8) is 0 Å². The van der Waals surface area contributed by atoms with Gasteiger partial charge in [0.15, 0.2) is 10.4 Å². The maximum Gasteiger partial charge on any atom is 0.305 e. The van der Waals surface area contributed by atoms with Gasteiger partial charge in [-0.15, -0.1) is 0 Å². The fourth-order valence-corrected chi connectivity index (χ4v) is 2.28. The van der Waals surface area contributed by atoms with Crippen molar-refractivity contribution in [1.29, 1.82) is 0 Å². The third-order valence-corrected chi connectivity index (χ3v) is 3.26. The van der Waals surface area contributed by atoms with E-state index in [-0.39, 0.29) is 5.97 Å². The molecule has 0 amide bonds. The third-order valence-electron chi connectivity index (χ3n) is 2.94. The van der Waals surface area contributed by atoms with Crippen molar-refractivity contribution in [2.24, 2.45) is 0 Å². The molecule has 2 aromatic rings. The van der Waals surface area contributed by atoms with Gasteiger partial charge < -0.3 is 14.3 Å². The molecule has 1 N–H and O–H groups in total. The number of imidazole rings is 1. The van der Waals surface area contributed by atoms with Crippen LogP contribution in [0.15, 0.2) is 12.3 Å². The molecule has 0 saturated heterocycles. The van der Waals surface area contributed by atoms with Crippen LogP contribution in [0, 0.1) is 11.7 Å². The number of H-pyrrole nitrogens is 1. The van der Waals surface area contributed by atoms with Gasteiger partial charge in [0.25, 0.3) is 0 Å². The van der Waals surface area contributed by atoms with E-state index in [4.69, 9.17) is 17.0 Å². The first-order valence-corrected chi connectivity index (χ1v) is 6.74. The summed E-state index contributed by atoms with van der Waals surface area (Å²) in [5, 5.41) is 0. The Labute approximate surface area is 116 Å². The highest BCUT2D eigenvalue weighted by Gasteiger charge is 2.08. The topological polar surface area (TPSA) is 59.9 Å². The summed E-state index contributed by atoms with van der Waals surface area (Å²) in [6.07, 6.45) is 2.85. The maximum atomic E-state index is 11.3. The molecule has 2 rings (SSSR count). The molecule has 102 valence electrons. The number of ether oxygens (including phenoxy) is 1. The number of hydrogen-bond acceptors (Lipinski definition) is 4. The molecule has 0 aromatic carbocycles. The van der Waals surface area contributed by atoms with E-state index < -0.39 is 0 Å². The zero-order chi connectivity index (χ0) is 13.8. The molecular weight excluding hydrogens is 262 g/mol. The van der Waals surface area contributed by atoms with Crippen molar-refractivity contribution in [1.82, 2.24) is 14.5 Å². The van der Waals surface area contributed by atoms with Crippen LogP contribution < -0.4 is 0 Å². The first-order chi connectivity index (χ1) is 9.13. The van der Waals surface area contributed by atoms with Crippen LogP contribution in [0.4, 0.5) is 0 Å². The van der Waals surface area contributed by atoms with Crippen molar-refractivity contribution in [2.75, 3.05) is 6.61 Å². The molecule has 2 heterocycles. The normalized spacial score (nSPS) is 10.8. The Balaban J connectivity index is 2.13. The number of aryl methyl sites for hydroxylation is 2. The lowest BCUT2D eigenvalue weighted by Crippen LogP contribution is -2.06. The fraction of sp³-hybridized carbons (Fsp3) is 0.462. The molecule has 5 nitrogen and oxygen atoms in total. The van der Waals surface area contributed by atoms with Crippen molar-refractivity contribution in [2.45, 2.75) is 33.2 Å². The summed E-state index contributed by atoms with van der Waals surface area (Å²) in [6, 6.07) is 1.94. The zero-order valence-electron chi connectivity index (χ0n) is 11.1. The van der Waals surface area contributed by atoms with Crippen LogP contribution >= 0.6 is 12.2 Å². The molecule has 0 saturated carbocycles. The Morgan fingerprint density at radius 1 is 1.58 bits per heavy atom. The Morgan fingerprint density at radius 2 is 2.37 bits per heavy atom. The molecule has 0 aliphatic heterocycles. The van der Waals surface area contributed by atoms with E-state index in [1.807, 2.05) is 17.6 Å². The van der Waals surface area contributed by atoms with Gasteiger partial charge in [-0.3, -0.25) is 4.79 Å². The van der Waals surface area contributed by atoms with E-state index >= 15 is 0 Å². The molecule has 0 atom stereocenters. The summed E-state index contributed by atoms with van der Waals surface area (Å²) in [7, 11) is 0. The summed E-state index contributed by atoms with van der Waals surface area (Å²) >= 11 is 5.29. The molecule has 0 bridgehead atoms. The second-order valence-electron chi connectivity index (χ2n) is 4.32. The number of carbonyl (C=O) groups excluding carboxylic acids is 1. The SMILES string of the molecule is CCOC(=O)CCCn1c(=S)[nH]c2c(C)ccnc21. The highest BCUT2D eigenvalue weighted by Crippen LogP contribution is 2.16. The van der Waals surface area contributed by atoms with Crippen LogP contribution in [0.5, 0.6) is 0 Å². The van der Waals surface area contributed by atoms with Crippen molar-refractivity contribution < 1.29 is 9.53 Å². The molecule has 0 unspecified atom stereocenters. The lowest BCUT2D eigenvalue weighted by atomic mass is 10.2. The third kappa shape index (κ3) is 3.01. The lowest BCUT2D eigenvalue weighted by Gasteiger charge is -2.04. The number of pyridine rings is 1. The van der Waals surface area contributed by atoms with Gasteiger partial charge in [0.2, 0.25) is 0 Å². The minimum atomic E-state index is -0.169. The Hall–Kier alpha value is -1.69. The minimum Gasteiger partial charge on any atom is -0.466 e. The van der Waals surface area contributed by atoms with Crippen molar-refractivity contribution in [3.05, 3.63) is 22.6 Å². The first-order valence-electron chi connectivity index (χ1n) is 6.33. The molecule has 0 fully saturated rings. The fourth-order valence-electron chi connectivity index (χ4n) is 2.00. The predicted molar refractivity (Wildman–Crippen MR) is 75.5 cm³/mol. The summed E-state index contributed by atoms with van der Waals surface area (Å²) in [5.74, 6) is -0.169. The summed E-state index contributed by atoms with van der Waals surface area (Å²) in [4.78, 5) is 18.8. The Bertz CT molecular complexity index is 645. The number of nitrogens with zero attached hydrogens (tertiary/aromatic N) is 2. The number of nitrogens with one attached hydrogen (secondary N) is 1. The summed E-state index contributed by atoms with van der Waals surface area (Å²) in [5.41, 5.74) is 2.91. The molecule has 2 aromatic heterocycles. The van der Waals surface area contributed by atoms with Gasteiger partial charge in [-0.25, -0.2) is 4.98 Å². The molecule has 19 heavy (non-hydrogen) atoms. The van der Waals surface area contributed by atoms with E-state index in [1.54, 1.807) is 13.1 Å². The van der Waals surface area contributed by atoms with E-state index in [0.29, 0.717) is 30.8 Å². The highest BCUT2D eigenvalue weighted by atomic mass is 32.1. The number of rotatable bonds is 5.